The number of alkyl halides is 1. The third kappa shape index (κ3) is 2.69. The van der Waals surface area contributed by atoms with Gasteiger partial charge in [-0.15, -0.1) is 0 Å². The van der Waals surface area contributed by atoms with Gasteiger partial charge in [-0.3, -0.25) is 9.59 Å². The van der Waals surface area contributed by atoms with E-state index >= 15 is 0 Å². The molecule has 0 spiro atoms. The van der Waals surface area contributed by atoms with Crippen molar-refractivity contribution in [1.29, 1.82) is 0 Å². The predicted molar refractivity (Wildman–Crippen MR) is 52.6 cm³/mol. The molecule has 1 atom stereocenters. The Morgan fingerprint density at radius 1 is 1.69 bits per heavy atom. The third-order valence-corrected chi connectivity index (χ3v) is 2.61. The van der Waals surface area contributed by atoms with Crippen molar-refractivity contribution in [1.82, 2.24) is 9.80 Å². The van der Waals surface area contributed by atoms with E-state index in [9.17, 15) is 9.59 Å². The maximum absolute atomic E-state index is 11.3. The van der Waals surface area contributed by atoms with Gasteiger partial charge in [-0.05, 0) is 0 Å². The van der Waals surface area contributed by atoms with Crippen molar-refractivity contribution in [3.63, 3.8) is 0 Å². The Kier molecular flexibility index (Phi) is 3.30. The van der Waals surface area contributed by atoms with E-state index in [2.05, 4.69) is 15.9 Å². The average molecular weight is 249 g/mol. The van der Waals surface area contributed by atoms with Gasteiger partial charge in [-0.1, -0.05) is 15.9 Å². The molecule has 0 aromatic heterocycles. The molecule has 0 aliphatic carbocycles. The molecular formula is C8H13BrN2O2. The molecule has 0 saturated carbocycles. The Morgan fingerprint density at radius 2 is 2.31 bits per heavy atom. The molecule has 5 heteroatoms. The second kappa shape index (κ2) is 4.09. The van der Waals surface area contributed by atoms with Crippen LogP contribution in [0.4, 0.5) is 0 Å². The van der Waals surface area contributed by atoms with Crippen LogP contribution in [0.3, 0.4) is 0 Å². The second-order valence-electron chi connectivity index (χ2n) is 3.36. The van der Waals surface area contributed by atoms with Crippen molar-refractivity contribution in [2.45, 2.75) is 11.2 Å². The van der Waals surface area contributed by atoms with E-state index in [0.29, 0.717) is 13.0 Å². The molecule has 13 heavy (non-hydrogen) atoms. The molecule has 1 rings (SSSR count). The molecular weight excluding hydrogens is 236 g/mol. The Labute approximate surface area is 86.0 Å². The first-order chi connectivity index (χ1) is 6.00. The fraction of sp³-hybridized carbons (Fsp3) is 0.750. The topological polar surface area (TPSA) is 40.6 Å². The highest BCUT2D eigenvalue weighted by atomic mass is 79.9. The van der Waals surface area contributed by atoms with Gasteiger partial charge in [0.05, 0.1) is 6.54 Å². The van der Waals surface area contributed by atoms with E-state index in [4.69, 9.17) is 0 Å². The number of rotatable bonds is 2. The van der Waals surface area contributed by atoms with E-state index in [-0.39, 0.29) is 23.2 Å². The molecule has 0 N–H and O–H groups in total. The molecule has 4 nitrogen and oxygen atoms in total. The molecule has 1 fully saturated rings. The summed E-state index contributed by atoms with van der Waals surface area (Å²) < 4.78 is 0. The molecule has 0 radical (unpaired) electrons. The van der Waals surface area contributed by atoms with E-state index in [1.165, 1.54) is 4.90 Å². The van der Waals surface area contributed by atoms with Crippen molar-refractivity contribution in [3.8, 4) is 0 Å². The van der Waals surface area contributed by atoms with Crippen LogP contribution in [0.1, 0.15) is 6.42 Å². The largest absolute Gasteiger partial charge is 0.347 e. The van der Waals surface area contributed by atoms with Gasteiger partial charge in [0.1, 0.15) is 0 Å². The normalized spacial score (nSPS) is 22.2. The summed E-state index contributed by atoms with van der Waals surface area (Å²) >= 11 is 3.36. The zero-order chi connectivity index (χ0) is 10.0. The zero-order valence-corrected chi connectivity index (χ0v) is 9.37. The lowest BCUT2D eigenvalue weighted by molar-refractivity contribution is -0.136. The summed E-state index contributed by atoms with van der Waals surface area (Å²) in [5, 5.41) is 0. The smallest absolute Gasteiger partial charge is 0.241 e. The van der Waals surface area contributed by atoms with Crippen LogP contribution in [0, 0.1) is 0 Å². The van der Waals surface area contributed by atoms with Crippen LogP contribution >= 0.6 is 15.9 Å². The number of amides is 2. The third-order valence-electron chi connectivity index (χ3n) is 1.99. The molecule has 0 bridgehead atoms. The Hall–Kier alpha value is -0.580. The van der Waals surface area contributed by atoms with E-state index in [1.54, 1.807) is 19.0 Å². The zero-order valence-electron chi connectivity index (χ0n) is 7.79. The lowest BCUT2D eigenvalue weighted by atomic mass is 10.4. The van der Waals surface area contributed by atoms with Crippen LogP contribution in [0.15, 0.2) is 0 Å². The summed E-state index contributed by atoms with van der Waals surface area (Å²) in [6, 6.07) is 0. The van der Waals surface area contributed by atoms with Gasteiger partial charge in [0.25, 0.3) is 0 Å². The minimum atomic E-state index is -0.0325. The second-order valence-corrected chi connectivity index (χ2v) is 4.66. The van der Waals surface area contributed by atoms with Crippen molar-refractivity contribution in [2.24, 2.45) is 0 Å². The number of halogens is 1. The molecule has 0 aromatic rings. The first-order valence-corrected chi connectivity index (χ1v) is 5.04. The van der Waals surface area contributed by atoms with Crippen LogP contribution in [0.25, 0.3) is 0 Å². The van der Waals surface area contributed by atoms with Crippen molar-refractivity contribution in [2.75, 3.05) is 27.2 Å². The molecule has 1 unspecified atom stereocenters. The summed E-state index contributed by atoms with van der Waals surface area (Å²) in [7, 11) is 3.38. The van der Waals surface area contributed by atoms with Gasteiger partial charge in [0.15, 0.2) is 0 Å². The fourth-order valence-electron chi connectivity index (χ4n) is 1.18. The van der Waals surface area contributed by atoms with Crippen LogP contribution < -0.4 is 0 Å². The maximum atomic E-state index is 11.3. The van der Waals surface area contributed by atoms with Crippen molar-refractivity contribution < 1.29 is 9.59 Å². The average Bonchev–Trinajstić information content (AvgIpc) is 2.30. The molecule has 1 saturated heterocycles. The van der Waals surface area contributed by atoms with Gasteiger partial charge < -0.3 is 9.80 Å². The summed E-state index contributed by atoms with van der Waals surface area (Å²) in [5.74, 6) is 0.0204. The SMILES string of the molecule is CN(C)C(=O)CN1CC(Br)CC1=O. The first-order valence-electron chi connectivity index (χ1n) is 4.12. The lowest BCUT2D eigenvalue weighted by Gasteiger charge is -2.18. The first kappa shape index (κ1) is 10.5. The van der Waals surface area contributed by atoms with Crippen LogP contribution in [-0.2, 0) is 9.59 Å². The highest BCUT2D eigenvalue weighted by molar-refractivity contribution is 9.09. The standard InChI is InChI=1S/C8H13BrN2O2/c1-10(2)8(13)5-11-4-6(9)3-7(11)12/h6H,3-5H2,1-2H3. The van der Waals surface area contributed by atoms with E-state index in [0.717, 1.165) is 0 Å². The van der Waals surface area contributed by atoms with E-state index < -0.39 is 0 Å². The highest BCUT2D eigenvalue weighted by Crippen LogP contribution is 2.17. The molecule has 2 amide bonds. The number of carbonyl (C=O) groups excluding carboxylic acids is 2. The molecule has 1 heterocycles. The van der Waals surface area contributed by atoms with Gasteiger partial charge in [0, 0.05) is 31.9 Å². The maximum Gasteiger partial charge on any atom is 0.241 e. The summed E-state index contributed by atoms with van der Waals surface area (Å²) in [5.41, 5.74) is 0. The lowest BCUT2D eigenvalue weighted by Crippen LogP contribution is -2.37. The van der Waals surface area contributed by atoms with Crippen LogP contribution in [0.2, 0.25) is 0 Å². The summed E-state index contributed by atoms with van der Waals surface area (Å²) in [4.78, 5) is 25.8. The monoisotopic (exact) mass is 248 g/mol. The molecule has 74 valence electrons. The number of carbonyl (C=O) groups is 2. The van der Waals surface area contributed by atoms with Crippen molar-refractivity contribution >= 4 is 27.7 Å². The minimum absolute atomic E-state index is 0.0325. The predicted octanol–water partition coefficient (Wildman–Crippen LogP) is 0.0704. The summed E-state index contributed by atoms with van der Waals surface area (Å²) in [6.45, 7) is 0.840. The fourth-order valence-corrected chi connectivity index (χ4v) is 1.81. The summed E-state index contributed by atoms with van der Waals surface area (Å²) in [6.07, 6.45) is 0.501. The van der Waals surface area contributed by atoms with Crippen LogP contribution in [-0.4, -0.2) is 53.6 Å². The molecule has 0 aromatic carbocycles. The molecule has 1 aliphatic rings. The number of nitrogens with zero attached hydrogens (tertiary/aromatic N) is 2. The van der Waals surface area contributed by atoms with E-state index in [1.807, 2.05) is 0 Å². The quantitative estimate of drug-likeness (QED) is 0.650. The Bertz CT molecular complexity index is 230. The number of hydrogen-bond donors (Lipinski definition) is 0. The van der Waals surface area contributed by atoms with Gasteiger partial charge in [-0.25, -0.2) is 0 Å². The minimum Gasteiger partial charge on any atom is -0.347 e. The Morgan fingerprint density at radius 3 is 2.69 bits per heavy atom. The molecule has 1 aliphatic heterocycles. The van der Waals surface area contributed by atoms with Crippen molar-refractivity contribution in [3.05, 3.63) is 0 Å². The van der Waals surface area contributed by atoms with Crippen LogP contribution in [0.5, 0.6) is 0 Å². The number of hydrogen-bond acceptors (Lipinski definition) is 2. The number of likely N-dealkylation sites (N-methyl/N-ethyl adjacent to an activating group) is 1. The highest BCUT2D eigenvalue weighted by Gasteiger charge is 2.29. The number of likely N-dealkylation sites (tertiary alicyclic amines) is 1. The Balaban J connectivity index is 2.46. The van der Waals surface area contributed by atoms with Gasteiger partial charge in [-0.2, -0.15) is 0 Å². The van der Waals surface area contributed by atoms with Gasteiger partial charge >= 0.3 is 0 Å². The van der Waals surface area contributed by atoms with Gasteiger partial charge in [0.2, 0.25) is 11.8 Å².